The first-order chi connectivity index (χ1) is 12.2. The van der Waals surface area contributed by atoms with Gasteiger partial charge in [0.2, 0.25) is 0 Å². The van der Waals surface area contributed by atoms with Gasteiger partial charge in [0.15, 0.2) is 5.78 Å². The van der Waals surface area contributed by atoms with E-state index in [0.717, 1.165) is 38.6 Å². The SMILES string of the molecule is Cc1ccc(C(=O)c2c(-c3ccccc3)ccc3ccccc23)cc1. The highest BCUT2D eigenvalue weighted by Gasteiger charge is 2.18. The summed E-state index contributed by atoms with van der Waals surface area (Å²) in [5.41, 5.74) is 4.68. The van der Waals surface area contributed by atoms with Gasteiger partial charge < -0.3 is 0 Å². The summed E-state index contributed by atoms with van der Waals surface area (Å²) >= 11 is 0. The Morgan fingerprint density at radius 1 is 0.680 bits per heavy atom. The fraction of sp³-hybridized carbons (Fsp3) is 0.0417. The number of carbonyl (C=O) groups is 1. The molecule has 0 fully saturated rings. The molecular formula is C24H18O. The third kappa shape index (κ3) is 2.85. The quantitative estimate of drug-likeness (QED) is 0.420. The van der Waals surface area contributed by atoms with E-state index in [1.807, 2.05) is 67.6 Å². The number of aryl methyl sites for hydroxylation is 1. The van der Waals surface area contributed by atoms with E-state index in [0.29, 0.717) is 0 Å². The van der Waals surface area contributed by atoms with E-state index in [9.17, 15) is 4.79 Å². The third-order valence-corrected chi connectivity index (χ3v) is 4.55. The molecule has 1 nitrogen and oxygen atoms in total. The average molecular weight is 322 g/mol. The smallest absolute Gasteiger partial charge is 0.194 e. The minimum absolute atomic E-state index is 0.0654. The lowest BCUT2D eigenvalue weighted by Crippen LogP contribution is -2.05. The van der Waals surface area contributed by atoms with E-state index < -0.39 is 0 Å². The molecule has 0 saturated heterocycles. The van der Waals surface area contributed by atoms with Gasteiger partial charge in [-0.3, -0.25) is 4.79 Å². The topological polar surface area (TPSA) is 17.1 Å². The normalized spacial score (nSPS) is 10.8. The first kappa shape index (κ1) is 15.3. The van der Waals surface area contributed by atoms with E-state index in [2.05, 4.69) is 30.3 Å². The lowest BCUT2D eigenvalue weighted by atomic mass is 9.89. The van der Waals surface area contributed by atoms with Gasteiger partial charge in [-0.15, -0.1) is 0 Å². The third-order valence-electron chi connectivity index (χ3n) is 4.55. The number of fused-ring (bicyclic) bond motifs is 1. The van der Waals surface area contributed by atoms with Crippen LogP contribution in [0.2, 0.25) is 0 Å². The molecular weight excluding hydrogens is 304 g/mol. The summed E-state index contributed by atoms with van der Waals surface area (Å²) < 4.78 is 0. The highest BCUT2D eigenvalue weighted by Crippen LogP contribution is 2.32. The van der Waals surface area contributed by atoms with Crippen LogP contribution in [0.5, 0.6) is 0 Å². The zero-order chi connectivity index (χ0) is 17.2. The van der Waals surface area contributed by atoms with Gasteiger partial charge in [-0.2, -0.15) is 0 Å². The van der Waals surface area contributed by atoms with Crippen molar-refractivity contribution in [1.29, 1.82) is 0 Å². The van der Waals surface area contributed by atoms with Gasteiger partial charge in [0, 0.05) is 11.1 Å². The van der Waals surface area contributed by atoms with Crippen molar-refractivity contribution in [2.45, 2.75) is 6.92 Å². The molecule has 0 aliphatic carbocycles. The van der Waals surface area contributed by atoms with E-state index in [-0.39, 0.29) is 5.78 Å². The molecule has 4 aromatic rings. The highest BCUT2D eigenvalue weighted by molar-refractivity contribution is 6.20. The summed E-state index contributed by atoms with van der Waals surface area (Å²) in [5, 5.41) is 2.08. The molecule has 0 radical (unpaired) electrons. The van der Waals surface area contributed by atoms with Crippen LogP contribution < -0.4 is 0 Å². The highest BCUT2D eigenvalue weighted by atomic mass is 16.1. The Balaban J connectivity index is 1.99. The van der Waals surface area contributed by atoms with E-state index in [4.69, 9.17) is 0 Å². The standard InChI is InChI=1S/C24H18O/c1-17-11-13-20(14-12-17)24(25)23-21-10-6-5-9-19(21)15-16-22(23)18-7-3-2-4-8-18/h2-16H,1H3. The van der Waals surface area contributed by atoms with Crippen LogP contribution in [0.1, 0.15) is 21.5 Å². The van der Waals surface area contributed by atoms with Crippen LogP contribution in [0, 0.1) is 6.92 Å². The van der Waals surface area contributed by atoms with Crippen molar-refractivity contribution in [3.05, 3.63) is 108 Å². The van der Waals surface area contributed by atoms with Crippen molar-refractivity contribution in [3.8, 4) is 11.1 Å². The number of rotatable bonds is 3. The van der Waals surface area contributed by atoms with Crippen LogP contribution >= 0.6 is 0 Å². The second kappa shape index (κ2) is 6.37. The van der Waals surface area contributed by atoms with Gasteiger partial charge in [-0.25, -0.2) is 0 Å². The molecule has 1 heteroatoms. The minimum atomic E-state index is 0.0654. The Labute approximate surface area is 147 Å². The number of benzene rings is 4. The largest absolute Gasteiger partial charge is 0.289 e. The fourth-order valence-corrected chi connectivity index (χ4v) is 3.22. The Hall–Kier alpha value is -3.19. The Morgan fingerprint density at radius 3 is 2.12 bits per heavy atom. The molecule has 120 valence electrons. The molecule has 0 aliphatic rings. The monoisotopic (exact) mass is 322 g/mol. The number of hydrogen-bond donors (Lipinski definition) is 0. The van der Waals surface area contributed by atoms with Crippen molar-refractivity contribution in [3.63, 3.8) is 0 Å². The maximum Gasteiger partial charge on any atom is 0.194 e. The number of carbonyl (C=O) groups excluding carboxylic acids is 1. The summed E-state index contributed by atoms with van der Waals surface area (Å²) in [5.74, 6) is 0.0654. The maximum absolute atomic E-state index is 13.4. The molecule has 4 aromatic carbocycles. The van der Waals surface area contributed by atoms with Gasteiger partial charge in [0.05, 0.1) is 0 Å². The Kier molecular flexibility index (Phi) is 3.91. The predicted octanol–water partition coefficient (Wildman–Crippen LogP) is 6.05. The second-order valence-corrected chi connectivity index (χ2v) is 6.27. The summed E-state index contributed by atoms with van der Waals surface area (Å²) in [6, 6.07) is 30.1. The molecule has 4 rings (SSSR count). The van der Waals surface area contributed by atoms with Crippen molar-refractivity contribution in [1.82, 2.24) is 0 Å². The lowest BCUT2D eigenvalue weighted by molar-refractivity contribution is 0.104. The zero-order valence-corrected chi connectivity index (χ0v) is 14.1. The molecule has 0 atom stereocenters. The molecule has 0 aromatic heterocycles. The minimum Gasteiger partial charge on any atom is -0.289 e. The van der Waals surface area contributed by atoms with E-state index in [1.54, 1.807) is 0 Å². The van der Waals surface area contributed by atoms with Crippen LogP contribution in [0.25, 0.3) is 21.9 Å². The molecule has 0 unspecified atom stereocenters. The first-order valence-electron chi connectivity index (χ1n) is 8.42. The summed E-state index contributed by atoms with van der Waals surface area (Å²) in [6.07, 6.45) is 0. The maximum atomic E-state index is 13.4. The van der Waals surface area contributed by atoms with Gasteiger partial charge in [-0.1, -0.05) is 96.6 Å². The summed E-state index contributed by atoms with van der Waals surface area (Å²) in [4.78, 5) is 13.4. The Bertz CT molecular complexity index is 1040. The first-order valence-corrected chi connectivity index (χ1v) is 8.42. The number of ketones is 1. The van der Waals surface area contributed by atoms with Gasteiger partial charge in [0.25, 0.3) is 0 Å². The van der Waals surface area contributed by atoms with Crippen LogP contribution in [-0.4, -0.2) is 5.78 Å². The summed E-state index contributed by atoms with van der Waals surface area (Å²) in [6.45, 7) is 2.03. The van der Waals surface area contributed by atoms with E-state index >= 15 is 0 Å². The van der Waals surface area contributed by atoms with Gasteiger partial charge in [0.1, 0.15) is 0 Å². The summed E-state index contributed by atoms with van der Waals surface area (Å²) in [7, 11) is 0. The van der Waals surface area contributed by atoms with Crippen molar-refractivity contribution >= 4 is 16.6 Å². The predicted molar refractivity (Wildman–Crippen MR) is 104 cm³/mol. The van der Waals surface area contributed by atoms with E-state index in [1.165, 1.54) is 0 Å². The van der Waals surface area contributed by atoms with Crippen LogP contribution in [0.3, 0.4) is 0 Å². The second-order valence-electron chi connectivity index (χ2n) is 6.27. The number of hydrogen-bond acceptors (Lipinski definition) is 1. The molecule has 0 bridgehead atoms. The van der Waals surface area contributed by atoms with Crippen LogP contribution in [0.15, 0.2) is 91.0 Å². The molecule has 0 N–H and O–H groups in total. The van der Waals surface area contributed by atoms with Crippen molar-refractivity contribution < 1.29 is 4.79 Å². The molecule has 0 saturated carbocycles. The Morgan fingerprint density at radius 2 is 1.36 bits per heavy atom. The van der Waals surface area contributed by atoms with Crippen molar-refractivity contribution in [2.75, 3.05) is 0 Å². The van der Waals surface area contributed by atoms with Crippen LogP contribution in [-0.2, 0) is 0 Å². The molecule has 0 heterocycles. The molecule has 25 heavy (non-hydrogen) atoms. The zero-order valence-electron chi connectivity index (χ0n) is 14.1. The molecule has 0 spiro atoms. The van der Waals surface area contributed by atoms with Gasteiger partial charge in [-0.05, 0) is 28.8 Å². The lowest BCUT2D eigenvalue weighted by Gasteiger charge is -2.13. The fourth-order valence-electron chi connectivity index (χ4n) is 3.22. The van der Waals surface area contributed by atoms with Crippen molar-refractivity contribution in [2.24, 2.45) is 0 Å². The average Bonchev–Trinajstić information content (AvgIpc) is 2.68. The molecule has 0 aliphatic heterocycles. The van der Waals surface area contributed by atoms with Gasteiger partial charge >= 0.3 is 0 Å². The molecule has 0 amide bonds. The van der Waals surface area contributed by atoms with Crippen LogP contribution in [0.4, 0.5) is 0 Å².